The van der Waals surface area contributed by atoms with Crippen molar-refractivity contribution in [3.63, 3.8) is 0 Å². The van der Waals surface area contributed by atoms with Crippen LogP contribution in [-0.4, -0.2) is 17.4 Å². The van der Waals surface area contributed by atoms with Crippen LogP contribution in [0.4, 0.5) is 4.39 Å². The second kappa shape index (κ2) is 3.49. The zero-order valence-corrected chi connectivity index (χ0v) is 9.39. The summed E-state index contributed by atoms with van der Waals surface area (Å²) in [5.41, 5.74) is 0.623. The minimum absolute atomic E-state index is 0.0979. The summed E-state index contributed by atoms with van der Waals surface area (Å²) in [6.45, 7) is 2.25. The van der Waals surface area contributed by atoms with Crippen LogP contribution < -0.4 is 0 Å². The first kappa shape index (κ1) is 9.67. The van der Waals surface area contributed by atoms with Crippen LogP contribution in [0.1, 0.15) is 19.3 Å². The largest absolute Gasteiger partial charge is 0.246 e. The Kier molecular flexibility index (Phi) is 2.25. The van der Waals surface area contributed by atoms with Crippen LogP contribution in [0, 0.1) is 11.2 Å². The molecule has 1 spiro atoms. The second-order valence-corrected chi connectivity index (χ2v) is 5.77. The molecular formula is C12H14FNS. The van der Waals surface area contributed by atoms with Gasteiger partial charge in [0.05, 0.1) is 4.90 Å². The minimum Gasteiger partial charge on any atom is -0.246 e. The Labute approximate surface area is 93.8 Å². The molecule has 0 N–H and O–H groups in total. The molecule has 15 heavy (non-hydrogen) atoms. The maximum atomic E-state index is 13.4. The van der Waals surface area contributed by atoms with Crippen LogP contribution in [0.2, 0.25) is 0 Å². The summed E-state index contributed by atoms with van der Waals surface area (Å²) in [5.74, 6) is -0.0979. The molecule has 2 fully saturated rings. The fourth-order valence-electron chi connectivity index (χ4n) is 2.21. The van der Waals surface area contributed by atoms with Gasteiger partial charge in [0.25, 0.3) is 0 Å². The predicted molar refractivity (Wildman–Crippen MR) is 60.1 cm³/mol. The molecule has 1 saturated carbocycles. The van der Waals surface area contributed by atoms with Gasteiger partial charge in [-0.3, -0.25) is 0 Å². The van der Waals surface area contributed by atoms with Gasteiger partial charge in [-0.05, 0) is 48.8 Å². The average Bonchev–Trinajstić information content (AvgIpc) is 2.85. The van der Waals surface area contributed by atoms with Crippen LogP contribution in [0.15, 0.2) is 29.2 Å². The van der Waals surface area contributed by atoms with Crippen molar-refractivity contribution in [3.8, 4) is 0 Å². The molecular weight excluding hydrogens is 209 g/mol. The van der Waals surface area contributed by atoms with Crippen molar-refractivity contribution in [1.82, 2.24) is 4.31 Å². The summed E-state index contributed by atoms with van der Waals surface area (Å²) in [5, 5.41) is 0. The first-order valence-corrected chi connectivity index (χ1v) is 6.22. The predicted octanol–water partition coefficient (Wildman–Crippen LogP) is 3.32. The van der Waals surface area contributed by atoms with E-state index < -0.39 is 0 Å². The van der Waals surface area contributed by atoms with E-state index in [1.165, 1.54) is 25.3 Å². The van der Waals surface area contributed by atoms with E-state index in [9.17, 15) is 4.39 Å². The van der Waals surface area contributed by atoms with Gasteiger partial charge in [0.2, 0.25) is 0 Å². The van der Waals surface area contributed by atoms with Gasteiger partial charge in [0.15, 0.2) is 0 Å². The first-order chi connectivity index (χ1) is 7.27. The zero-order valence-electron chi connectivity index (χ0n) is 8.58. The highest BCUT2D eigenvalue weighted by molar-refractivity contribution is 7.97. The van der Waals surface area contributed by atoms with Crippen molar-refractivity contribution < 1.29 is 4.39 Å². The molecule has 3 rings (SSSR count). The van der Waals surface area contributed by atoms with E-state index in [0.29, 0.717) is 5.41 Å². The Morgan fingerprint density at radius 2 is 2.00 bits per heavy atom. The number of nitrogens with zero attached hydrogens (tertiary/aromatic N) is 1. The van der Waals surface area contributed by atoms with Crippen molar-refractivity contribution in [2.45, 2.75) is 24.2 Å². The fourth-order valence-corrected chi connectivity index (χ4v) is 3.31. The van der Waals surface area contributed by atoms with Crippen molar-refractivity contribution >= 4 is 11.9 Å². The van der Waals surface area contributed by atoms with Gasteiger partial charge in [-0.15, -0.1) is 0 Å². The number of halogens is 1. The lowest BCUT2D eigenvalue weighted by Gasteiger charge is -2.14. The van der Waals surface area contributed by atoms with Gasteiger partial charge < -0.3 is 0 Å². The normalized spacial score (nSPS) is 23.5. The van der Waals surface area contributed by atoms with Gasteiger partial charge in [-0.1, -0.05) is 12.1 Å². The van der Waals surface area contributed by atoms with Crippen molar-refractivity contribution in [2.24, 2.45) is 5.41 Å². The molecule has 1 heterocycles. The minimum atomic E-state index is -0.0979. The Balaban J connectivity index is 1.68. The molecule has 1 saturated heterocycles. The van der Waals surface area contributed by atoms with E-state index in [0.717, 1.165) is 18.0 Å². The van der Waals surface area contributed by atoms with Gasteiger partial charge in [-0.2, -0.15) is 0 Å². The van der Waals surface area contributed by atoms with E-state index >= 15 is 0 Å². The number of rotatable bonds is 2. The highest BCUT2D eigenvalue weighted by atomic mass is 32.2. The SMILES string of the molecule is Fc1ccccc1SN1CCC2(CC2)C1. The molecule has 0 radical (unpaired) electrons. The second-order valence-electron chi connectivity index (χ2n) is 4.64. The van der Waals surface area contributed by atoms with Crippen LogP contribution >= 0.6 is 11.9 Å². The van der Waals surface area contributed by atoms with Gasteiger partial charge >= 0.3 is 0 Å². The van der Waals surface area contributed by atoms with E-state index in [1.807, 2.05) is 12.1 Å². The lowest BCUT2D eigenvalue weighted by Crippen LogP contribution is -2.12. The molecule has 80 valence electrons. The zero-order chi connectivity index (χ0) is 10.3. The molecule has 1 nitrogen and oxygen atoms in total. The Morgan fingerprint density at radius 3 is 2.67 bits per heavy atom. The average molecular weight is 223 g/mol. The van der Waals surface area contributed by atoms with Crippen LogP contribution in [-0.2, 0) is 0 Å². The number of benzene rings is 1. The van der Waals surface area contributed by atoms with E-state index in [1.54, 1.807) is 18.0 Å². The fraction of sp³-hybridized carbons (Fsp3) is 0.500. The molecule has 1 aliphatic carbocycles. The first-order valence-electron chi connectivity index (χ1n) is 5.45. The highest BCUT2D eigenvalue weighted by Gasteiger charge is 2.47. The molecule has 0 bridgehead atoms. The maximum Gasteiger partial charge on any atom is 0.138 e. The molecule has 0 aromatic heterocycles. The van der Waals surface area contributed by atoms with Crippen molar-refractivity contribution in [2.75, 3.05) is 13.1 Å². The maximum absolute atomic E-state index is 13.4. The summed E-state index contributed by atoms with van der Waals surface area (Å²) in [7, 11) is 0. The third-order valence-corrected chi connectivity index (χ3v) is 4.52. The molecule has 2 aliphatic rings. The van der Waals surface area contributed by atoms with Crippen molar-refractivity contribution in [3.05, 3.63) is 30.1 Å². The lowest BCUT2D eigenvalue weighted by molar-refractivity contribution is 0.509. The van der Waals surface area contributed by atoms with Gasteiger partial charge in [-0.25, -0.2) is 8.70 Å². The summed E-state index contributed by atoms with van der Waals surface area (Å²) < 4.78 is 15.7. The molecule has 0 amide bonds. The Bertz CT molecular complexity index is 376. The quantitative estimate of drug-likeness (QED) is 0.708. The smallest absolute Gasteiger partial charge is 0.138 e. The van der Waals surface area contributed by atoms with E-state index in [2.05, 4.69) is 4.31 Å². The van der Waals surface area contributed by atoms with Gasteiger partial charge in [0, 0.05) is 13.1 Å². The molecule has 3 heteroatoms. The summed E-state index contributed by atoms with van der Waals surface area (Å²) >= 11 is 1.58. The summed E-state index contributed by atoms with van der Waals surface area (Å²) in [4.78, 5) is 0.759. The molecule has 1 aromatic carbocycles. The van der Waals surface area contributed by atoms with E-state index in [-0.39, 0.29) is 5.82 Å². The van der Waals surface area contributed by atoms with Crippen LogP contribution in [0.5, 0.6) is 0 Å². The molecule has 0 unspecified atom stereocenters. The Morgan fingerprint density at radius 1 is 1.20 bits per heavy atom. The van der Waals surface area contributed by atoms with E-state index in [4.69, 9.17) is 0 Å². The number of hydrogen-bond acceptors (Lipinski definition) is 2. The van der Waals surface area contributed by atoms with Crippen molar-refractivity contribution in [1.29, 1.82) is 0 Å². The number of hydrogen-bond donors (Lipinski definition) is 0. The Hall–Kier alpha value is -0.540. The lowest BCUT2D eigenvalue weighted by atomic mass is 10.1. The van der Waals surface area contributed by atoms with Crippen LogP contribution in [0.25, 0.3) is 0 Å². The molecule has 0 atom stereocenters. The third kappa shape index (κ3) is 1.91. The molecule has 1 aromatic rings. The molecule has 1 aliphatic heterocycles. The summed E-state index contributed by atoms with van der Waals surface area (Å²) in [6, 6.07) is 7.03. The summed E-state index contributed by atoms with van der Waals surface area (Å²) in [6.07, 6.45) is 4.05. The highest BCUT2D eigenvalue weighted by Crippen LogP contribution is 2.54. The topological polar surface area (TPSA) is 3.24 Å². The van der Waals surface area contributed by atoms with Crippen LogP contribution in [0.3, 0.4) is 0 Å². The standard InChI is InChI=1S/C12H14FNS/c13-10-3-1-2-4-11(10)15-14-8-7-12(9-14)5-6-12/h1-4H,5-9H2. The third-order valence-electron chi connectivity index (χ3n) is 3.42. The monoisotopic (exact) mass is 223 g/mol. The van der Waals surface area contributed by atoms with Gasteiger partial charge in [0.1, 0.15) is 5.82 Å².